The number of nitrogens with zero attached hydrogens (tertiary/aromatic N) is 4. The van der Waals surface area contributed by atoms with Crippen LogP contribution in [0.4, 0.5) is 5.82 Å². The Hall–Kier alpha value is -3.60. The Morgan fingerprint density at radius 3 is 2.36 bits per heavy atom. The number of carbonyl (C=O) groups excluding carboxylic acids is 2. The van der Waals surface area contributed by atoms with Crippen LogP contribution < -0.4 is 16.4 Å². The summed E-state index contributed by atoms with van der Waals surface area (Å²) in [6.07, 6.45) is 0.448. The molecular weight excluding hydrogens is 476 g/mol. The number of hydrogen-bond acceptors (Lipinski definition) is 9. The summed E-state index contributed by atoms with van der Waals surface area (Å²) in [5.41, 5.74) is 13.5. The Balaban J connectivity index is 1.87. The fourth-order valence-corrected chi connectivity index (χ4v) is 5.00. The molecule has 1 amide bonds. The lowest BCUT2D eigenvalue weighted by Crippen LogP contribution is -2.50. The molecule has 188 valence electrons. The van der Waals surface area contributed by atoms with Crippen molar-refractivity contribution in [2.24, 2.45) is 23.3 Å². The fraction of sp³-hybridized carbons (Fsp3) is 0.423. The zero-order valence-electron chi connectivity index (χ0n) is 20.6. The van der Waals surface area contributed by atoms with Gasteiger partial charge < -0.3 is 21.1 Å². The maximum Gasteiger partial charge on any atom is 0.323 e. The van der Waals surface area contributed by atoms with E-state index in [-0.39, 0.29) is 24.0 Å². The molecule has 4 N–H and O–H groups in total. The number of nitriles is 2. The molecule has 1 fully saturated rings. The molecule has 1 aromatic carbocycles. The number of anilines is 1. The molecule has 1 aliphatic heterocycles. The van der Waals surface area contributed by atoms with E-state index in [2.05, 4.69) is 17.1 Å². The van der Waals surface area contributed by atoms with Crippen LogP contribution in [0.3, 0.4) is 0 Å². The largest absolute Gasteiger partial charge is 0.464 e. The summed E-state index contributed by atoms with van der Waals surface area (Å²) in [5.74, 6) is -0.469. The van der Waals surface area contributed by atoms with Crippen molar-refractivity contribution in [3.05, 3.63) is 52.6 Å². The van der Waals surface area contributed by atoms with Gasteiger partial charge in [0, 0.05) is 19.0 Å². The summed E-state index contributed by atoms with van der Waals surface area (Å²) in [6.45, 7) is 6.88. The van der Waals surface area contributed by atoms with Crippen molar-refractivity contribution in [1.82, 2.24) is 4.98 Å². The predicted octanol–water partition coefficient (Wildman–Crippen LogP) is 2.67. The third kappa shape index (κ3) is 5.78. The molecule has 0 aliphatic carbocycles. The maximum absolute atomic E-state index is 12.3. The van der Waals surface area contributed by atoms with Gasteiger partial charge in [-0.05, 0) is 23.5 Å². The minimum Gasteiger partial charge on any atom is -0.464 e. The number of ether oxygens (including phenoxy) is 1. The Bertz CT molecular complexity index is 1200. The van der Waals surface area contributed by atoms with Crippen LogP contribution in [0.5, 0.6) is 0 Å². The molecule has 0 spiro atoms. The van der Waals surface area contributed by atoms with Gasteiger partial charge in [0.05, 0.1) is 17.7 Å². The number of amides is 1. The highest BCUT2D eigenvalue weighted by atomic mass is 32.2. The van der Waals surface area contributed by atoms with E-state index >= 15 is 0 Å². The van der Waals surface area contributed by atoms with Crippen molar-refractivity contribution in [2.75, 3.05) is 24.6 Å². The van der Waals surface area contributed by atoms with Gasteiger partial charge >= 0.3 is 5.97 Å². The van der Waals surface area contributed by atoms with Crippen LogP contribution in [-0.4, -0.2) is 42.6 Å². The van der Waals surface area contributed by atoms with Crippen LogP contribution in [0.2, 0.25) is 0 Å². The van der Waals surface area contributed by atoms with E-state index in [0.29, 0.717) is 47.0 Å². The SMILES string of the molecule is CCc1c(C#N)c(SC(C(N)=O)c2ccccc2)nc(N2CC(COC(=O)[C@@H](N)C(C)C)C2)c1C#N. The van der Waals surface area contributed by atoms with Crippen LogP contribution in [0.15, 0.2) is 35.4 Å². The zero-order chi connectivity index (χ0) is 26.4. The highest BCUT2D eigenvalue weighted by molar-refractivity contribution is 8.00. The van der Waals surface area contributed by atoms with E-state index in [1.807, 2.05) is 43.9 Å². The van der Waals surface area contributed by atoms with Crippen molar-refractivity contribution in [3.63, 3.8) is 0 Å². The second-order valence-electron chi connectivity index (χ2n) is 9.03. The lowest BCUT2D eigenvalue weighted by Gasteiger charge is -2.40. The molecule has 9 nitrogen and oxygen atoms in total. The smallest absolute Gasteiger partial charge is 0.323 e. The monoisotopic (exact) mass is 506 g/mol. The van der Waals surface area contributed by atoms with Gasteiger partial charge in [0.25, 0.3) is 0 Å². The topological polar surface area (TPSA) is 159 Å². The summed E-state index contributed by atoms with van der Waals surface area (Å²) >= 11 is 1.11. The molecule has 0 bridgehead atoms. The molecule has 10 heteroatoms. The quantitative estimate of drug-likeness (QED) is 0.365. The molecule has 2 atom stereocenters. The Morgan fingerprint density at radius 1 is 1.19 bits per heavy atom. The third-order valence-electron chi connectivity index (χ3n) is 6.12. The third-order valence-corrected chi connectivity index (χ3v) is 7.38. The summed E-state index contributed by atoms with van der Waals surface area (Å²) in [5, 5.41) is 19.5. The Morgan fingerprint density at radius 2 is 1.83 bits per heavy atom. The van der Waals surface area contributed by atoms with Crippen molar-refractivity contribution in [2.45, 2.75) is 43.5 Å². The molecule has 36 heavy (non-hydrogen) atoms. The van der Waals surface area contributed by atoms with E-state index in [9.17, 15) is 20.1 Å². The maximum atomic E-state index is 12.3. The Kier molecular flexibility index (Phi) is 8.92. The minimum atomic E-state index is -0.745. The normalized spacial score (nSPS) is 14.9. The molecule has 1 aliphatic rings. The van der Waals surface area contributed by atoms with Gasteiger partial charge in [-0.15, -0.1) is 0 Å². The number of esters is 1. The van der Waals surface area contributed by atoms with E-state index in [1.54, 1.807) is 12.1 Å². The van der Waals surface area contributed by atoms with E-state index in [0.717, 1.165) is 11.8 Å². The van der Waals surface area contributed by atoms with Gasteiger partial charge in [-0.1, -0.05) is 62.9 Å². The summed E-state index contributed by atoms with van der Waals surface area (Å²) < 4.78 is 5.37. The van der Waals surface area contributed by atoms with Crippen molar-refractivity contribution < 1.29 is 14.3 Å². The first-order chi connectivity index (χ1) is 17.2. The average molecular weight is 507 g/mol. The standard InChI is InChI=1S/C26H30N6O3S/c1-4-18-19(10-27)24(32-12-16(13-32)14-35-26(34)21(29)15(2)3)31-25(20(18)11-28)36-22(23(30)33)17-8-6-5-7-9-17/h5-9,15-16,21-22H,4,12-14,29H2,1-3H3,(H2,30,33)/t21-,22?/m0/s1. The molecule has 1 aromatic heterocycles. The number of pyridine rings is 1. The molecule has 0 saturated carbocycles. The summed E-state index contributed by atoms with van der Waals surface area (Å²) in [6, 6.07) is 12.8. The van der Waals surface area contributed by atoms with Gasteiger partial charge in [0.15, 0.2) is 0 Å². The van der Waals surface area contributed by atoms with Gasteiger partial charge in [0.1, 0.15) is 34.3 Å². The average Bonchev–Trinajstić information content (AvgIpc) is 2.85. The number of nitrogens with two attached hydrogens (primary N) is 2. The second-order valence-corrected chi connectivity index (χ2v) is 10.1. The molecule has 0 radical (unpaired) electrons. The van der Waals surface area contributed by atoms with Crippen LogP contribution in [0, 0.1) is 34.5 Å². The lowest BCUT2D eigenvalue weighted by atomic mass is 9.97. The van der Waals surface area contributed by atoms with Crippen molar-refractivity contribution in [3.8, 4) is 12.1 Å². The molecule has 3 rings (SSSR count). The first-order valence-corrected chi connectivity index (χ1v) is 12.6. The number of aromatic nitrogens is 1. The molecular formula is C26H30N6O3S. The highest BCUT2D eigenvalue weighted by Crippen LogP contribution is 2.40. The van der Waals surface area contributed by atoms with Gasteiger partial charge in [-0.25, -0.2) is 4.98 Å². The zero-order valence-corrected chi connectivity index (χ0v) is 21.4. The Labute approximate surface area is 215 Å². The number of hydrogen-bond donors (Lipinski definition) is 2. The predicted molar refractivity (Wildman–Crippen MR) is 137 cm³/mol. The lowest BCUT2D eigenvalue weighted by molar-refractivity contribution is -0.148. The van der Waals surface area contributed by atoms with E-state index in [1.165, 1.54) is 0 Å². The van der Waals surface area contributed by atoms with Gasteiger partial charge in [-0.3, -0.25) is 9.59 Å². The molecule has 2 aromatic rings. The first-order valence-electron chi connectivity index (χ1n) is 11.8. The summed E-state index contributed by atoms with van der Waals surface area (Å²) in [4.78, 5) is 31.0. The fourth-order valence-electron chi connectivity index (χ4n) is 3.94. The van der Waals surface area contributed by atoms with Crippen molar-refractivity contribution >= 4 is 29.5 Å². The number of primary amides is 1. The van der Waals surface area contributed by atoms with Gasteiger partial charge in [-0.2, -0.15) is 10.5 Å². The molecule has 1 saturated heterocycles. The number of carbonyl (C=O) groups is 2. The number of rotatable bonds is 10. The molecule has 1 unspecified atom stereocenters. The minimum absolute atomic E-state index is 0.0140. The van der Waals surface area contributed by atoms with Crippen molar-refractivity contribution in [1.29, 1.82) is 10.5 Å². The highest BCUT2D eigenvalue weighted by Gasteiger charge is 2.34. The number of thioether (sulfide) groups is 1. The van der Waals surface area contributed by atoms with E-state index < -0.39 is 23.2 Å². The number of benzene rings is 1. The molecule has 2 heterocycles. The van der Waals surface area contributed by atoms with Crippen LogP contribution >= 0.6 is 11.8 Å². The van der Waals surface area contributed by atoms with E-state index in [4.69, 9.17) is 16.2 Å². The van der Waals surface area contributed by atoms with Gasteiger partial charge in [0.2, 0.25) is 5.91 Å². The first kappa shape index (κ1) is 27.0. The van der Waals surface area contributed by atoms with Crippen LogP contribution in [-0.2, 0) is 20.7 Å². The summed E-state index contributed by atoms with van der Waals surface area (Å²) in [7, 11) is 0. The van der Waals surface area contributed by atoms with Crippen LogP contribution in [0.25, 0.3) is 0 Å². The van der Waals surface area contributed by atoms with Crippen LogP contribution in [0.1, 0.15) is 48.3 Å². The second kappa shape index (κ2) is 11.9.